The van der Waals surface area contributed by atoms with Crippen LogP contribution in [0.2, 0.25) is 0 Å². The predicted molar refractivity (Wildman–Crippen MR) is 145 cm³/mol. The molecule has 1 N–H and O–H groups in total. The average Bonchev–Trinajstić information content (AvgIpc) is 3.16. The third-order valence-corrected chi connectivity index (χ3v) is 6.65. The first-order valence-corrected chi connectivity index (χ1v) is 12.5. The van der Waals surface area contributed by atoms with E-state index in [4.69, 9.17) is 14.2 Å². The molecule has 1 heterocycles. The fourth-order valence-corrected chi connectivity index (χ4v) is 4.82. The third kappa shape index (κ3) is 5.43. The highest BCUT2D eigenvalue weighted by molar-refractivity contribution is 6.46. The molecule has 0 radical (unpaired) electrons. The van der Waals surface area contributed by atoms with Gasteiger partial charge >= 0.3 is 0 Å². The van der Waals surface area contributed by atoms with Gasteiger partial charge in [-0.2, -0.15) is 0 Å². The van der Waals surface area contributed by atoms with Crippen molar-refractivity contribution in [3.05, 3.63) is 99.6 Å². The molecule has 1 unspecified atom stereocenters. The molecule has 4 rings (SSSR count). The van der Waals surface area contributed by atoms with Gasteiger partial charge in [0.25, 0.3) is 11.7 Å². The van der Waals surface area contributed by atoms with Crippen molar-refractivity contribution in [1.29, 1.82) is 0 Å². The summed E-state index contributed by atoms with van der Waals surface area (Å²) in [5.41, 5.74) is 4.91. The Kier molecular flexibility index (Phi) is 8.17. The number of ether oxygens (including phenoxy) is 3. The molecular formula is C31H33NO6. The number of carbonyl (C=O) groups excluding carboxylic acids is 2. The molecule has 0 saturated carbocycles. The van der Waals surface area contributed by atoms with Crippen LogP contribution in [0.1, 0.15) is 39.4 Å². The summed E-state index contributed by atoms with van der Waals surface area (Å²) < 4.78 is 16.8. The summed E-state index contributed by atoms with van der Waals surface area (Å²) in [5.74, 6) is -0.684. The summed E-state index contributed by atoms with van der Waals surface area (Å²) in [6.07, 6.45) is 0. The van der Waals surface area contributed by atoms with Crippen LogP contribution in [0.15, 0.2) is 66.2 Å². The maximum atomic E-state index is 13.3. The topological polar surface area (TPSA) is 85.3 Å². The summed E-state index contributed by atoms with van der Waals surface area (Å²) in [4.78, 5) is 27.9. The minimum atomic E-state index is -0.821. The van der Waals surface area contributed by atoms with Crippen molar-refractivity contribution in [2.45, 2.75) is 33.4 Å². The van der Waals surface area contributed by atoms with Gasteiger partial charge in [0.2, 0.25) is 0 Å². The first kappa shape index (κ1) is 26.9. The standard InChI is InChI=1S/C31H33NO6/c1-19-9-11-22(12-10-19)18-38-24-8-6-7-23(17-24)27-26(29(34)31(35)32(27)13-14-36-4)28(33)25-16-20(2)15-21(3)30(25)37-5/h6-12,15-17,27,33H,13-14,18H2,1-5H3/b28-26+. The van der Waals surface area contributed by atoms with E-state index in [2.05, 4.69) is 0 Å². The number of aryl methyl sites for hydroxylation is 3. The zero-order chi connectivity index (χ0) is 27.4. The van der Waals surface area contributed by atoms with Crippen molar-refractivity contribution >= 4 is 17.4 Å². The minimum absolute atomic E-state index is 0.00471. The zero-order valence-corrected chi connectivity index (χ0v) is 22.4. The maximum Gasteiger partial charge on any atom is 0.295 e. The number of amides is 1. The van der Waals surface area contributed by atoms with E-state index in [0.717, 1.165) is 16.7 Å². The minimum Gasteiger partial charge on any atom is -0.507 e. The van der Waals surface area contributed by atoms with E-state index in [1.807, 2.05) is 69.3 Å². The summed E-state index contributed by atoms with van der Waals surface area (Å²) in [6.45, 7) is 6.58. The number of likely N-dealkylation sites (tertiary alicyclic amines) is 1. The van der Waals surface area contributed by atoms with E-state index in [9.17, 15) is 14.7 Å². The molecule has 0 spiro atoms. The number of carbonyl (C=O) groups is 2. The lowest BCUT2D eigenvalue weighted by molar-refractivity contribution is -0.140. The molecule has 0 aromatic heterocycles. The summed E-state index contributed by atoms with van der Waals surface area (Å²) in [5, 5.41) is 11.5. The number of nitrogens with zero attached hydrogens (tertiary/aromatic N) is 1. The molecule has 1 amide bonds. The summed E-state index contributed by atoms with van der Waals surface area (Å²) in [6, 6.07) is 18.2. The molecule has 38 heavy (non-hydrogen) atoms. The van der Waals surface area contributed by atoms with Gasteiger partial charge in [0, 0.05) is 13.7 Å². The quantitative estimate of drug-likeness (QED) is 0.238. The van der Waals surface area contributed by atoms with E-state index in [1.54, 1.807) is 12.1 Å². The molecule has 1 saturated heterocycles. The molecular weight excluding hydrogens is 482 g/mol. The van der Waals surface area contributed by atoms with E-state index < -0.39 is 17.7 Å². The average molecular weight is 516 g/mol. The molecule has 3 aromatic rings. The Morgan fingerprint density at radius 2 is 1.68 bits per heavy atom. The molecule has 198 valence electrons. The van der Waals surface area contributed by atoms with Crippen molar-refractivity contribution < 1.29 is 28.9 Å². The fourth-order valence-electron chi connectivity index (χ4n) is 4.82. The Morgan fingerprint density at radius 3 is 2.37 bits per heavy atom. The van der Waals surface area contributed by atoms with Crippen molar-refractivity contribution in [2.24, 2.45) is 0 Å². The number of hydrogen-bond donors (Lipinski definition) is 1. The van der Waals surface area contributed by atoms with E-state index in [-0.39, 0.29) is 24.5 Å². The summed E-state index contributed by atoms with van der Waals surface area (Å²) >= 11 is 0. The van der Waals surface area contributed by atoms with Gasteiger partial charge < -0.3 is 24.2 Å². The molecule has 7 nitrogen and oxygen atoms in total. The van der Waals surface area contributed by atoms with Gasteiger partial charge in [-0.25, -0.2) is 0 Å². The number of hydrogen-bond acceptors (Lipinski definition) is 6. The molecule has 0 aliphatic carbocycles. The van der Waals surface area contributed by atoms with Crippen molar-refractivity contribution in [3.63, 3.8) is 0 Å². The highest BCUT2D eigenvalue weighted by atomic mass is 16.5. The van der Waals surface area contributed by atoms with Crippen LogP contribution in [0.3, 0.4) is 0 Å². The normalized spacial score (nSPS) is 16.7. The van der Waals surface area contributed by atoms with Gasteiger partial charge in [-0.15, -0.1) is 0 Å². The van der Waals surface area contributed by atoms with Gasteiger partial charge in [-0.1, -0.05) is 48.0 Å². The molecule has 1 fully saturated rings. The van der Waals surface area contributed by atoms with Crippen LogP contribution in [0.25, 0.3) is 5.76 Å². The highest BCUT2D eigenvalue weighted by Crippen LogP contribution is 2.42. The Bertz CT molecular complexity index is 1380. The molecule has 1 atom stereocenters. The second kappa shape index (κ2) is 11.5. The van der Waals surface area contributed by atoms with Crippen LogP contribution in [-0.4, -0.2) is 49.1 Å². The fraction of sp³-hybridized carbons (Fsp3) is 0.290. The lowest BCUT2D eigenvalue weighted by Gasteiger charge is -2.25. The number of benzene rings is 3. The molecule has 3 aromatic carbocycles. The van der Waals surface area contributed by atoms with Crippen molar-refractivity contribution in [3.8, 4) is 11.5 Å². The van der Waals surface area contributed by atoms with Gasteiger partial charge in [-0.05, 0) is 61.2 Å². The number of Topliss-reactive ketones (excluding diaryl/α,β-unsaturated/α-hetero) is 1. The van der Waals surface area contributed by atoms with Crippen LogP contribution in [0.4, 0.5) is 0 Å². The van der Waals surface area contributed by atoms with Crippen LogP contribution in [-0.2, 0) is 20.9 Å². The Hall–Kier alpha value is -4.10. The zero-order valence-electron chi connectivity index (χ0n) is 22.4. The molecule has 0 bridgehead atoms. The lowest BCUT2D eigenvalue weighted by Crippen LogP contribution is -2.32. The predicted octanol–water partition coefficient (Wildman–Crippen LogP) is 5.27. The monoisotopic (exact) mass is 515 g/mol. The third-order valence-electron chi connectivity index (χ3n) is 6.65. The largest absolute Gasteiger partial charge is 0.507 e. The van der Waals surface area contributed by atoms with E-state index in [0.29, 0.717) is 29.2 Å². The van der Waals surface area contributed by atoms with Gasteiger partial charge in [-0.3, -0.25) is 9.59 Å². The van der Waals surface area contributed by atoms with Crippen molar-refractivity contribution in [2.75, 3.05) is 27.4 Å². The number of methoxy groups -OCH3 is 2. The van der Waals surface area contributed by atoms with Crippen LogP contribution < -0.4 is 9.47 Å². The number of ketones is 1. The van der Waals surface area contributed by atoms with Crippen LogP contribution >= 0.6 is 0 Å². The van der Waals surface area contributed by atoms with Gasteiger partial charge in [0.05, 0.1) is 30.9 Å². The number of aliphatic hydroxyl groups is 1. The highest BCUT2D eigenvalue weighted by Gasteiger charge is 2.46. The lowest BCUT2D eigenvalue weighted by atomic mass is 9.93. The second-order valence-electron chi connectivity index (χ2n) is 9.49. The summed E-state index contributed by atoms with van der Waals surface area (Å²) in [7, 11) is 3.05. The first-order chi connectivity index (χ1) is 18.2. The number of aliphatic hydroxyl groups excluding tert-OH is 1. The Labute approximate surface area is 223 Å². The van der Waals surface area contributed by atoms with Gasteiger partial charge in [0.15, 0.2) is 0 Å². The van der Waals surface area contributed by atoms with E-state index in [1.165, 1.54) is 24.7 Å². The van der Waals surface area contributed by atoms with Crippen LogP contribution in [0, 0.1) is 20.8 Å². The SMILES string of the molecule is COCCN1C(=O)C(=O)/C(=C(/O)c2cc(C)cc(C)c2OC)C1c1cccc(OCc2ccc(C)cc2)c1. The molecule has 1 aliphatic rings. The van der Waals surface area contributed by atoms with Gasteiger partial charge in [0.1, 0.15) is 23.9 Å². The molecule has 1 aliphatic heterocycles. The Balaban J connectivity index is 1.79. The number of rotatable bonds is 9. The maximum absolute atomic E-state index is 13.3. The van der Waals surface area contributed by atoms with Crippen LogP contribution in [0.5, 0.6) is 11.5 Å². The smallest absolute Gasteiger partial charge is 0.295 e. The molecule has 7 heteroatoms. The first-order valence-electron chi connectivity index (χ1n) is 12.5. The second-order valence-corrected chi connectivity index (χ2v) is 9.49. The van der Waals surface area contributed by atoms with E-state index >= 15 is 0 Å². The van der Waals surface area contributed by atoms with Crippen molar-refractivity contribution in [1.82, 2.24) is 4.90 Å². The Morgan fingerprint density at radius 1 is 0.947 bits per heavy atom.